The number of Topliss-reactive ketones (excluding diaryl/α,β-unsaturated/α-hetero) is 1. The maximum absolute atomic E-state index is 14.3. The Morgan fingerprint density at radius 3 is 2.29 bits per heavy atom. The van der Waals surface area contributed by atoms with E-state index in [0.29, 0.717) is 17.0 Å². The normalized spacial score (nSPS) is 20.0. The minimum absolute atomic E-state index is 0.210. The van der Waals surface area contributed by atoms with Gasteiger partial charge in [-0.25, -0.2) is 13.2 Å². The molecular weight excluding hydrogens is 432 g/mol. The van der Waals surface area contributed by atoms with Crippen molar-refractivity contribution in [1.29, 1.82) is 0 Å². The molecule has 1 fully saturated rings. The number of carbonyl (C=O) groups is 2. The highest BCUT2D eigenvalue weighted by Crippen LogP contribution is 2.49. The zero-order valence-corrected chi connectivity index (χ0v) is 15.0. The Hall–Kier alpha value is -2.20. The summed E-state index contributed by atoms with van der Waals surface area (Å²) in [7, 11) is 0. The van der Waals surface area contributed by atoms with E-state index in [1.807, 2.05) is 0 Å². The Bertz CT molecular complexity index is 947. The fourth-order valence-corrected chi connectivity index (χ4v) is 4.45. The van der Waals surface area contributed by atoms with Crippen LogP contribution in [0, 0.1) is 17.5 Å². The summed E-state index contributed by atoms with van der Waals surface area (Å²) in [5, 5.41) is -3.95. The van der Waals surface area contributed by atoms with Crippen LogP contribution in [-0.2, 0) is 9.59 Å². The van der Waals surface area contributed by atoms with Gasteiger partial charge in [-0.15, -0.1) is 11.8 Å². The fraction of sp³-hybridized carbons (Fsp3) is 0.176. The molecule has 0 aromatic heterocycles. The minimum atomic E-state index is -5.32. The van der Waals surface area contributed by atoms with Crippen LogP contribution >= 0.6 is 23.4 Å². The molecule has 2 unspecified atom stereocenters. The molecule has 2 aromatic rings. The van der Waals surface area contributed by atoms with E-state index in [1.165, 1.54) is 12.1 Å². The predicted molar refractivity (Wildman–Crippen MR) is 90.4 cm³/mol. The Labute approximate surface area is 163 Å². The summed E-state index contributed by atoms with van der Waals surface area (Å²) in [5.41, 5.74) is -0.706. The zero-order valence-electron chi connectivity index (χ0n) is 13.4. The molecule has 2 aromatic carbocycles. The Morgan fingerprint density at radius 2 is 1.71 bits per heavy atom. The van der Waals surface area contributed by atoms with Crippen LogP contribution in [0.1, 0.15) is 10.9 Å². The highest BCUT2D eigenvalue weighted by Gasteiger charge is 2.54. The number of halogens is 7. The quantitative estimate of drug-likeness (QED) is 0.497. The van der Waals surface area contributed by atoms with E-state index >= 15 is 0 Å². The molecule has 3 nitrogen and oxygen atoms in total. The number of nitrogens with zero attached hydrogens (tertiary/aromatic N) is 1. The van der Waals surface area contributed by atoms with E-state index in [9.17, 15) is 35.9 Å². The van der Waals surface area contributed by atoms with Crippen molar-refractivity contribution in [2.45, 2.75) is 16.8 Å². The van der Waals surface area contributed by atoms with Gasteiger partial charge in [-0.05, 0) is 24.3 Å². The molecule has 0 spiro atoms. The molecule has 3 rings (SSSR count). The van der Waals surface area contributed by atoms with Crippen LogP contribution in [0.2, 0.25) is 5.02 Å². The van der Waals surface area contributed by atoms with Gasteiger partial charge in [0.05, 0.1) is 0 Å². The molecule has 0 aliphatic carbocycles. The molecule has 11 heteroatoms. The lowest BCUT2D eigenvalue weighted by molar-refractivity contribution is -0.170. The third-order valence-corrected chi connectivity index (χ3v) is 5.63. The molecule has 1 aliphatic rings. The first-order valence-corrected chi connectivity index (χ1v) is 8.83. The van der Waals surface area contributed by atoms with Crippen molar-refractivity contribution in [3.8, 4) is 0 Å². The highest BCUT2D eigenvalue weighted by atomic mass is 35.5. The van der Waals surface area contributed by atoms with Crippen molar-refractivity contribution in [3.05, 3.63) is 64.4 Å². The summed E-state index contributed by atoms with van der Waals surface area (Å²) >= 11 is 6.17. The van der Waals surface area contributed by atoms with Crippen molar-refractivity contribution >= 4 is 40.7 Å². The van der Waals surface area contributed by atoms with Gasteiger partial charge in [0, 0.05) is 22.3 Å². The first kappa shape index (κ1) is 20.5. The topological polar surface area (TPSA) is 37.4 Å². The summed E-state index contributed by atoms with van der Waals surface area (Å²) in [5.74, 6) is -7.26. The van der Waals surface area contributed by atoms with E-state index in [0.717, 1.165) is 12.1 Å². The molecule has 0 radical (unpaired) electrons. The van der Waals surface area contributed by atoms with Crippen molar-refractivity contribution < 1.29 is 35.9 Å². The lowest BCUT2D eigenvalue weighted by atomic mass is 10.1. The summed E-state index contributed by atoms with van der Waals surface area (Å²) in [4.78, 5) is 24.9. The van der Waals surface area contributed by atoms with E-state index in [2.05, 4.69) is 0 Å². The highest BCUT2D eigenvalue weighted by molar-refractivity contribution is 8.02. The van der Waals surface area contributed by atoms with E-state index in [4.69, 9.17) is 11.6 Å². The number of hydrogen-bond acceptors (Lipinski definition) is 3. The van der Waals surface area contributed by atoms with Gasteiger partial charge in [0.15, 0.2) is 16.9 Å². The average molecular weight is 440 g/mol. The first-order valence-electron chi connectivity index (χ1n) is 7.51. The lowest BCUT2D eigenvalue weighted by Crippen LogP contribution is -2.40. The second kappa shape index (κ2) is 7.32. The zero-order chi connectivity index (χ0) is 20.8. The molecule has 1 amide bonds. The van der Waals surface area contributed by atoms with Crippen LogP contribution in [0.4, 0.5) is 32.0 Å². The van der Waals surface area contributed by atoms with E-state index in [-0.39, 0.29) is 28.0 Å². The molecular formula is C17H8ClF6NO2S. The average Bonchev–Trinajstić information content (AvgIpc) is 2.92. The molecule has 0 saturated carbocycles. The second-order valence-electron chi connectivity index (χ2n) is 5.67. The van der Waals surface area contributed by atoms with Crippen LogP contribution in [0.25, 0.3) is 0 Å². The van der Waals surface area contributed by atoms with Gasteiger partial charge < -0.3 is 0 Å². The van der Waals surface area contributed by atoms with Gasteiger partial charge in [-0.2, -0.15) is 13.2 Å². The summed E-state index contributed by atoms with van der Waals surface area (Å²) in [6.45, 7) is 0. The maximum Gasteiger partial charge on any atom is 0.451 e. The maximum atomic E-state index is 14.3. The number of benzene rings is 2. The second-order valence-corrected chi connectivity index (χ2v) is 7.27. The molecule has 1 aliphatic heterocycles. The molecule has 28 heavy (non-hydrogen) atoms. The van der Waals surface area contributed by atoms with Gasteiger partial charge in [-0.1, -0.05) is 17.7 Å². The van der Waals surface area contributed by atoms with Crippen LogP contribution in [0.3, 0.4) is 0 Å². The Kier molecular flexibility index (Phi) is 5.37. The number of carbonyl (C=O) groups excluding carboxylic acids is 2. The predicted octanol–water partition coefficient (Wildman–Crippen LogP) is 5.04. The molecule has 0 N–H and O–H groups in total. The van der Waals surface area contributed by atoms with Crippen LogP contribution in [0.5, 0.6) is 0 Å². The summed E-state index contributed by atoms with van der Waals surface area (Å²) in [6, 6.07) is 5.60. The van der Waals surface area contributed by atoms with Crippen molar-refractivity contribution in [1.82, 2.24) is 0 Å². The number of ketones is 1. The summed E-state index contributed by atoms with van der Waals surface area (Å²) in [6.07, 6.45) is -5.32. The van der Waals surface area contributed by atoms with Crippen molar-refractivity contribution in [2.75, 3.05) is 4.90 Å². The number of thioether (sulfide) groups is 1. The van der Waals surface area contributed by atoms with E-state index in [1.54, 1.807) is 0 Å². The molecule has 1 heterocycles. The third-order valence-electron chi connectivity index (χ3n) is 3.91. The SMILES string of the molecule is O=C1C(C(=O)C(F)(F)F)SC(c2c(F)cccc2Cl)N1c1ccc(F)c(F)c1. The van der Waals surface area contributed by atoms with Gasteiger partial charge in [0.2, 0.25) is 5.91 Å². The first-order chi connectivity index (χ1) is 13.0. The van der Waals surface area contributed by atoms with Gasteiger partial charge in [-0.3, -0.25) is 14.5 Å². The largest absolute Gasteiger partial charge is 0.451 e. The monoisotopic (exact) mass is 439 g/mol. The number of hydrogen-bond donors (Lipinski definition) is 0. The van der Waals surface area contributed by atoms with E-state index < -0.39 is 45.9 Å². The fourth-order valence-electron chi connectivity index (χ4n) is 2.65. The third kappa shape index (κ3) is 3.58. The molecule has 148 valence electrons. The number of anilines is 1. The Morgan fingerprint density at radius 1 is 1.04 bits per heavy atom. The van der Waals surface area contributed by atoms with Gasteiger partial charge in [0.25, 0.3) is 5.78 Å². The number of rotatable bonds is 3. The molecule has 0 bridgehead atoms. The van der Waals surface area contributed by atoms with Gasteiger partial charge in [0.1, 0.15) is 11.2 Å². The van der Waals surface area contributed by atoms with Crippen LogP contribution < -0.4 is 4.90 Å². The van der Waals surface area contributed by atoms with Gasteiger partial charge >= 0.3 is 6.18 Å². The molecule has 2 atom stereocenters. The number of alkyl halides is 3. The standard InChI is InChI=1S/C17H8ClF6NO2S/c18-8-2-1-3-10(20)12(8)16-25(7-4-5-9(19)11(21)6-7)15(27)13(28-16)14(26)17(22,23)24/h1-6,13,16H. The minimum Gasteiger partial charge on any atom is -0.294 e. The Balaban J connectivity index is 2.15. The number of amides is 1. The van der Waals surface area contributed by atoms with Crippen LogP contribution in [-0.4, -0.2) is 23.1 Å². The van der Waals surface area contributed by atoms with Crippen LogP contribution in [0.15, 0.2) is 36.4 Å². The summed E-state index contributed by atoms with van der Waals surface area (Å²) < 4.78 is 79.8. The smallest absolute Gasteiger partial charge is 0.294 e. The van der Waals surface area contributed by atoms with Crippen molar-refractivity contribution in [2.24, 2.45) is 0 Å². The lowest BCUT2D eigenvalue weighted by Gasteiger charge is -2.25. The molecule has 1 saturated heterocycles. The van der Waals surface area contributed by atoms with Crippen molar-refractivity contribution in [3.63, 3.8) is 0 Å².